The molecule has 0 aromatic rings. The monoisotopic (exact) mass is 113 g/mol. The molecule has 0 aromatic carbocycles. The number of ether oxygens (including phenoxy) is 1. The van der Waals surface area contributed by atoms with Crippen LogP contribution in [0.5, 0.6) is 0 Å². The first kappa shape index (κ1) is 6.96. The molecular formula is C5H7NO2. The molecule has 0 saturated carbocycles. The minimum absolute atomic E-state index is 0.249. The van der Waals surface area contributed by atoms with Gasteiger partial charge in [-0.1, -0.05) is 0 Å². The average Bonchev–Trinajstić information content (AvgIpc) is 1.68. The molecule has 1 atom stereocenters. The van der Waals surface area contributed by atoms with Crippen LogP contribution < -0.4 is 0 Å². The zero-order valence-corrected chi connectivity index (χ0v) is 4.63. The van der Waals surface area contributed by atoms with Gasteiger partial charge in [0, 0.05) is 0 Å². The van der Waals surface area contributed by atoms with Gasteiger partial charge in [0.25, 0.3) is 13.0 Å². The van der Waals surface area contributed by atoms with E-state index in [0.29, 0.717) is 6.47 Å². The number of hydrogen-bond acceptors (Lipinski definition) is 2. The van der Waals surface area contributed by atoms with E-state index in [2.05, 4.69) is 9.58 Å². The Morgan fingerprint density at radius 3 is 3.00 bits per heavy atom. The summed E-state index contributed by atoms with van der Waals surface area (Å²) in [5, 5.41) is 0. The molecule has 0 N–H and O–H groups in total. The molecule has 0 heterocycles. The fourth-order valence-corrected chi connectivity index (χ4v) is 0.266. The summed E-state index contributed by atoms with van der Waals surface area (Å²) in [6.45, 7) is 8.62. The van der Waals surface area contributed by atoms with Crippen LogP contribution in [0.1, 0.15) is 6.92 Å². The Hall–Kier alpha value is -1.04. The molecule has 0 unspecified atom stereocenters. The molecule has 0 aliphatic carbocycles. The van der Waals surface area contributed by atoms with Crippen molar-refractivity contribution in [1.29, 1.82) is 0 Å². The van der Waals surface area contributed by atoms with Gasteiger partial charge in [-0.25, -0.2) is 6.57 Å². The predicted octanol–water partition coefficient (Wildman–Crippen LogP) is 0.467. The van der Waals surface area contributed by atoms with Crippen LogP contribution in [0.25, 0.3) is 4.85 Å². The van der Waals surface area contributed by atoms with E-state index in [4.69, 9.17) is 6.57 Å². The molecule has 0 saturated heterocycles. The average molecular weight is 113 g/mol. The van der Waals surface area contributed by atoms with Crippen molar-refractivity contribution < 1.29 is 9.53 Å². The Morgan fingerprint density at radius 1 is 2.00 bits per heavy atom. The molecule has 0 aromatic heterocycles. The number of rotatable bonds is 3. The van der Waals surface area contributed by atoms with Gasteiger partial charge in [0.05, 0.1) is 0 Å². The first-order chi connectivity index (χ1) is 3.81. The SMILES string of the molecule is [C-]#[N+]C[C@@H](C)OC=O. The Balaban J connectivity index is 3.20. The van der Waals surface area contributed by atoms with Gasteiger partial charge >= 0.3 is 0 Å². The van der Waals surface area contributed by atoms with Crippen LogP contribution >= 0.6 is 0 Å². The molecule has 0 radical (unpaired) electrons. The molecule has 0 aliphatic rings. The molecule has 44 valence electrons. The lowest BCUT2D eigenvalue weighted by atomic mass is 10.4. The van der Waals surface area contributed by atoms with Gasteiger partial charge in [0.1, 0.15) is 0 Å². The Bertz CT molecular complexity index is 105. The van der Waals surface area contributed by atoms with Crippen LogP contribution in [-0.4, -0.2) is 19.1 Å². The predicted molar refractivity (Wildman–Crippen MR) is 28.1 cm³/mol. The Kier molecular flexibility index (Phi) is 3.59. The molecule has 3 heteroatoms. The number of nitrogens with zero attached hydrogens (tertiary/aromatic N) is 1. The van der Waals surface area contributed by atoms with Gasteiger partial charge in [-0.2, -0.15) is 0 Å². The van der Waals surface area contributed by atoms with E-state index >= 15 is 0 Å². The Labute approximate surface area is 48.1 Å². The topological polar surface area (TPSA) is 30.7 Å². The maximum atomic E-state index is 9.56. The molecule has 3 nitrogen and oxygen atoms in total. The van der Waals surface area contributed by atoms with Crippen molar-refractivity contribution in [2.45, 2.75) is 13.0 Å². The summed E-state index contributed by atoms with van der Waals surface area (Å²) >= 11 is 0. The minimum Gasteiger partial charge on any atom is -0.457 e. The third-order valence-corrected chi connectivity index (χ3v) is 0.636. The van der Waals surface area contributed by atoms with Crippen LogP contribution in [0.4, 0.5) is 0 Å². The third kappa shape index (κ3) is 3.16. The van der Waals surface area contributed by atoms with Crippen molar-refractivity contribution >= 4 is 6.47 Å². The lowest BCUT2D eigenvalue weighted by molar-refractivity contribution is -0.132. The molecule has 0 amide bonds. The van der Waals surface area contributed by atoms with Gasteiger partial charge in [-0.15, -0.1) is 0 Å². The zero-order chi connectivity index (χ0) is 6.41. The first-order valence-corrected chi connectivity index (χ1v) is 2.23. The summed E-state index contributed by atoms with van der Waals surface area (Å²) in [6, 6.07) is 0. The van der Waals surface area contributed by atoms with Crippen LogP contribution in [0.2, 0.25) is 0 Å². The summed E-state index contributed by atoms with van der Waals surface area (Å²) in [6.07, 6.45) is -0.259. The van der Waals surface area contributed by atoms with E-state index in [1.807, 2.05) is 0 Å². The fraction of sp³-hybridized carbons (Fsp3) is 0.600. The summed E-state index contributed by atoms with van der Waals surface area (Å²) < 4.78 is 4.39. The number of hydrogen-bond donors (Lipinski definition) is 0. The van der Waals surface area contributed by atoms with E-state index in [9.17, 15) is 4.79 Å². The highest BCUT2D eigenvalue weighted by atomic mass is 16.5. The fourth-order valence-electron chi connectivity index (χ4n) is 0.266. The maximum absolute atomic E-state index is 9.56. The van der Waals surface area contributed by atoms with Crippen LogP contribution in [0, 0.1) is 6.57 Å². The van der Waals surface area contributed by atoms with Crippen molar-refractivity contribution in [2.75, 3.05) is 6.54 Å². The van der Waals surface area contributed by atoms with Gasteiger partial charge in [-0.3, -0.25) is 4.79 Å². The summed E-state index contributed by atoms with van der Waals surface area (Å²) in [5.41, 5.74) is 0. The van der Waals surface area contributed by atoms with Crippen molar-refractivity contribution in [3.63, 3.8) is 0 Å². The van der Waals surface area contributed by atoms with Gasteiger partial charge < -0.3 is 9.58 Å². The van der Waals surface area contributed by atoms with Gasteiger partial charge in [-0.05, 0) is 6.92 Å². The maximum Gasteiger partial charge on any atom is 0.293 e. The van der Waals surface area contributed by atoms with Gasteiger partial charge in [0.15, 0.2) is 6.10 Å². The zero-order valence-electron chi connectivity index (χ0n) is 4.63. The second-order valence-electron chi connectivity index (χ2n) is 1.38. The molecular weight excluding hydrogens is 106 g/mol. The normalized spacial score (nSPS) is 11.5. The van der Waals surface area contributed by atoms with Gasteiger partial charge in [0.2, 0.25) is 0 Å². The Morgan fingerprint density at radius 2 is 2.62 bits per heavy atom. The van der Waals surface area contributed by atoms with Crippen molar-refractivity contribution in [3.05, 3.63) is 11.4 Å². The third-order valence-electron chi connectivity index (χ3n) is 0.636. The summed E-state index contributed by atoms with van der Waals surface area (Å²) in [5.74, 6) is 0. The van der Waals surface area contributed by atoms with E-state index in [0.717, 1.165) is 0 Å². The highest BCUT2D eigenvalue weighted by molar-refractivity contribution is 5.37. The van der Waals surface area contributed by atoms with Crippen LogP contribution in [0.3, 0.4) is 0 Å². The molecule has 8 heavy (non-hydrogen) atoms. The molecule has 0 spiro atoms. The first-order valence-electron chi connectivity index (χ1n) is 2.23. The number of carbonyl (C=O) groups is 1. The highest BCUT2D eigenvalue weighted by Crippen LogP contribution is 1.86. The standard InChI is InChI=1S/C5H7NO2/c1-5(3-6-2)8-4-7/h4-5H,3H2,1H3/t5-/m1/s1. The van der Waals surface area contributed by atoms with E-state index in [-0.39, 0.29) is 12.6 Å². The van der Waals surface area contributed by atoms with E-state index in [1.54, 1.807) is 6.92 Å². The minimum atomic E-state index is -0.259. The molecule has 0 fully saturated rings. The quantitative estimate of drug-likeness (QED) is 0.393. The second kappa shape index (κ2) is 4.13. The summed E-state index contributed by atoms with van der Waals surface area (Å²) in [7, 11) is 0. The van der Waals surface area contributed by atoms with Crippen molar-refractivity contribution in [3.8, 4) is 0 Å². The lowest BCUT2D eigenvalue weighted by Crippen LogP contribution is -2.08. The number of carbonyl (C=O) groups excluding carboxylic acids is 1. The molecule has 0 aliphatic heterocycles. The second-order valence-corrected chi connectivity index (χ2v) is 1.38. The summed E-state index contributed by atoms with van der Waals surface area (Å²) in [4.78, 5) is 12.6. The smallest absolute Gasteiger partial charge is 0.293 e. The van der Waals surface area contributed by atoms with Crippen molar-refractivity contribution in [2.24, 2.45) is 0 Å². The lowest BCUT2D eigenvalue weighted by Gasteiger charge is -1.97. The van der Waals surface area contributed by atoms with Crippen LogP contribution in [-0.2, 0) is 9.53 Å². The van der Waals surface area contributed by atoms with Crippen LogP contribution in [0.15, 0.2) is 0 Å². The van der Waals surface area contributed by atoms with E-state index in [1.165, 1.54) is 0 Å². The van der Waals surface area contributed by atoms with E-state index < -0.39 is 0 Å². The molecule has 0 bridgehead atoms. The van der Waals surface area contributed by atoms with Crippen molar-refractivity contribution in [1.82, 2.24) is 0 Å². The highest BCUT2D eigenvalue weighted by Gasteiger charge is 2.00. The largest absolute Gasteiger partial charge is 0.457 e. The molecule has 0 rings (SSSR count).